The van der Waals surface area contributed by atoms with Crippen molar-refractivity contribution in [3.8, 4) is 0 Å². The Morgan fingerprint density at radius 2 is 0.968 bits per heavy atom. The monoisotopic (exact) mass is 899 g/mol. The third kappa shape index (κ3) is 47.2. The fourth-order valence-electron chi connectivity index (χ4n) is 6.60. The Bertz CT molecular complexity index is 1340. The van der Waals surface area contributed by atoms with Crippen LogP contribution in [-0.4, -0.2) is 68.5 Å². The number of carbonyl (C=O) groups is 1. The zero-order chi connectivity index (χ0) is 46.4. The Morgan fingerprint density at radius 3 is 1.41 bits per heavy atom. The number of quaternary nitrogens is 1. The summed E-state index contributed by atoms with van der Waals surface area (Å²) in [5, 5.41) is 13.8. The summed E-state index contributed by atoms with van der Waals surface area (Å²) in [7, 11) is 1.23. The molecule has 362 valence electrons. The van der Waals surface area contributed by atoms with Crippen molar-refractivity contribution >= 4 is 13.7 Å². The molecule has 0 heterocycles. The summed E-state index contributed by atoms with van der Waals surface area (Å²) in [4.78, 5) is 25.4. The number of amides is 1. The second kappa shape index (κ2) is 44.6. The number of allylic oxidation sites excluding steroid dienone is 15. The van der Waals surface area contributed by atoms with Gasteiger partial charge < -0.3 is 28.8 Å². The van der Waals surface area contributed by atoms with Crippen LogP contribution < -0.4 is 10.2 Å². The van der Waals surface area contributed by atoms with E-state index in [2.05, 4.69) is 104 Å². The molecule has 63 heavy (non-hydrogen) atoms. The summed E-state index contributed by atoms with van der Waals surface area (Å²) in [5.41, 5.74) is 0. The van der Waals surface area contributed by atoms with Crippen LogP contribution in [0.15, 0.2) is 97.2 Å². The van der Waals surface area contributed by atoms with Gasteiger partial charge in [-0.15, -0.1) is 0 Å². The van der Waals surface area contributed by atoms with E-state index in [0.717, 1.165) is 103 Å². The third-order valence-corrected chi connectivity index (χ3v) is 11.5. The molecule has 0 radical (unpaired) electrons. The maximum Gasteiger partial charge on any atom is 0.268 e. The number of hydrogen-bond donors (Lipinski definition) is 2. The van der Waals surface area contributed by atoms with Crippen molar-refractivity contribution in [2.75, 3.05) is 40.9 Å². The highest BCUT2D eigenvalue weighted by atomic mass is 31.2. The Morgan fingerprint density at radius 1 is 0.571 bits per heavy atom. The lowest BCUT2D eigenvalue weighted by molar-refractivity contribution is -0.870. The van der Waals surface area contributed by atoms with Gasteiger partial charge in [-0.05, 0) is 77.0 Å². The van der Waals surface area contributed by atoms with Gasteiger partial charge in [0.25, 0.3) is 7.82 Å². The van der Waals surface area contributed by atoms with Crippen LogP contribution in [0, 0.1) is 0 Å². The molecule has 3 unspecified atom stereocenters. The molecule has 0 aliphatic carbocycles. The van der Waals surface area contributed by atoms with E-state index in [1.807, 2.05) is 27.2 Å². The Hall–Kier alpha value is -2.58. The lowest BCUT2D eigenvalue weighted by Crippen LogP contribution is -2.45. The highest BCUT2D eigenvalue weighted by molar-refractivity contribution is 7.45. The van der Waals surface area contributed by atoms with Crippen LogP contribution in [0.1, 0.15) is 187 Å². The number of nitrogens with zero attached hydrogens (tertiary/aromatic N) is 1. The second-order valence-electron chi connectivity index (χ2n) is 17.8. The van der Waals surface area contributed by atoms with Crippen LogP contribution in [0.25, 0.3) is 0 Å². The molecule has 0 spiro atoms. The largest absolute Gasteiger partial charge is 0.756 e. The molecule has 1 amide bonds. The summed E-state index contributed by atoms with van der Waals surface area (Å²) in [5.74, 6) is -0.221. The zero-order valence-electron chi connectivity index (χ0n) is 41.0. The van der Waals surface area contributed by atoms with E-state index in [4.69, 9.17) is 9.05 Å². The summed E-state index contributed by atoms with van der Waals surface area (Å²) in [6, 6.07) is -0.903. The number of aliphatic hydroxyl groups excluding tert-OH is 1. The number of carbonyl (C=O) groups excluding carboxylic acids is 1. The van der Waals surface area contributed by atoms with E-state index in [-0.39, 0.29) is 12.5 Å². The van der Waals surface area contributed by atoms with Crippen LogP contribution in [0.4, 0.5) is 0 Å². The van der Waals surface area contributed by atoms with Gasteiger partial charge in [0.1, 0.15) is 13.2 Å². The van der Waals surface area contributed by atoms with Gasteiger partial charge >= 0.3 is 0 Å². The molecule has 2 N–H and O–H groups in total. The molecular formula is C54H95N2O6P. The van der Waals surface area contributed by atoms with Gasteiger partial charge in [0.2, 0.25) is 5.91 Å². The van der Waals surface area contributed by atoms with E-state index in [0.29, 0.717) is 17.4 Å². The maximum atomic E-state index is 12.9. The molecule has 8 nitrogen and oxygen atoms in total. The Balaban J connectivity index is 4.36. The van der Waals surface area contributed by atoms with Crippen LogP contribution in [-0.2, 0) is 18.4 Å². The standard InChI is InChI=1S/C54H95N2O6P/c1-6-8-10-12-14-16-18-20-22-23-24-25-26-27-28-29-30-31-32-33-34-36-38-40-42-44-46-48-54(58)55-52(51-62-63(59,60)61-50-49-56(3,4)5)53(57)47-45-43-41-39-37-35-21-19-17-15-13-11-9-7-2/h8,10,14,16,20,22,24-25,27-28,30-31,33-34,45,47,52-53,57H,6-7,9,11-13,15,17-19,21,23,26,29,32,35-44,46,48-51H2,1-5H3,(H-,55,58,59,60)/b10-8-,16-14-,22-20-,25-24-,28-27-,31-30-,34-33-,47-45+. The number of hydrogen-bond acceptors (Lipinski definition) is 6. The molecule has 0 fully saturated rings. The highest BCUT2D eigenvalue weighted by Gasteiger charge is 2.23. The van der Waals surface area contributed by atoms with Crippen molar-refractivity contribution in [2.45, 2.75) is 199 Å². The van der Waals surface area contributed by atoms with Gasteiger partial charge in [-0.3, -0.25) is 9.36 Å². The van der Waals surface area contributed by atoms with E-state index in [1.165, 1.54) is 64.2 Å². The third-order valence-electron chi connectivity index (χ3n) is 10.5. The van der Waals surface area contributed by atoms with Crippen molar-refractivity contribution in [1.82, 2.24) is 5.32 Å². The van der Waals surface area contributed by atoms with Crippen LogP contribution in [0.2, 0.25) is 0 Å². The molecule has 3 atom stereocenters. The summed E-state index contributed by atoms with van der Waals surface area (Å²) in [6.07, 6.45) is 63.1. The number of phosphoric acid groups is 1. The Kier molecular flexibility index (Phi) is 42.8. The van der Waals surface area contributed by atoms with Gasteiger partial charge in [-0.25, -0.2) is 0 Å². The topological polar surface area (TPSA) is 108 Å². The van der Waals surface area contributed by atoms with Gasteiger partial charge in [-0.2, -0.15) is 0 Å². The minimum atomic E-state index is -4.60. The summed E-state index contributed by atoms with van der Waals surface area (Å²) < 4.78 is 23.2. The van der Waals surface area contributed by atoms with Gasteiger partial charge in [0.05, 0.1) is 39.9 Å². The Labute approximate surface area is 388 Å². The normalized spacial score (nSPS) is 15.0. The second-order valence-corrected chi connectivity index (χ2v) is 19.2. The van der Waals surface area contributed by atoms with Crippen LogP contribution in [0.5, 0.6) is 0 Å². The molecule has 0 aliphatic heterocycles. The fraction of sp³-hybridized carbons (Fsp3) is 0.685. The first-order valence-electron chi connectivity index (χ1n) is 25.1. The molecule has 0 aromatic heterocycles. The van der Waals surface area contributed by atoms with E-state index < -0.39 is 26.6 Å². The first-order valence-corrected chi connectivity index (χ1v) is 26.6. The predicted molar refractivity (Wildman–Crippen MR) is 269 cm³/mol. The molecule has 0 saturated heterocycles. The molecule has 0 aromatic carbocycles. The molecular weight excluding hydrogens is 804 g/mol. The quantitative estimate of drug-likeness (QED) is 0.0273. The van der Waals surface area contributed by atoms with Gasteiger partial charge in [-0.1, -0.05) is 201 Å². The minimum Gasteiger partial charge on any atom is -0.756 e. The van der Waals surface area contributed by atoms with E-state index in [1.54, 1.807) is 6.08 Å². The first kappa shape index (κ1) is 60.4. The predicted octanol–water partition coefficient (Wildman–Crippen LogP) is 14.1. The average molecular weight is 899 g/mol. The lowest BCUT2D eigenvalue weighted by Gasteiger charge is -2.29. The number of phosphoric ester groups is 1. The number of nitrogens with one attached hydrogen (secondary N) is 1. The van der Waals surface area contributed by atoms with Gasteiger partial charge in [0, 0.05) is 6.42 Å². The molecule has 0 aliphatic rings. The molecule has 9 heteroatoms. The molecule has 0 saturated carbocycles. The first-order chi connectivity index (χ1) is 30.5. The molecule has 0 rings (SSSR count). The number of likely N-dealkylation sites (N-methyl/N-ethyl adjacent to an activating group) is 1. The van der Waals surface area contributed by atoms with E-state index >= 15 is 0 Å². The summed E-state index contributed by atoms with van der Waals surface area (Å²) >= 11 is 0. The molecule has 0 bridgehead atoms. The smallest absolute Gasteiger partial charge is 0.268 e. The fourth-order valence-corrected chi connectivity index (χ4v) is 7.32. The van der Waals surface area contributed by atoms with Crippen LogP contribution >= 0.6 is 7.82 Å². The maximum absolute atomic E-state index is 12.9. The zero-order valence-corrected chi connectivity index (χ0v) is 41.9. The number of aliphatic hydroxyl groups is 1. The average Bonchev–Trinajstić information content (AvgIpc) is 3.24. The molecule has 0 aromatic rings. The van der Waals surface area contributed by atoms with Crippen molar-refractivity contribution < 1.29 is 32.9 Å². The SMILES string of the molecule is CC/C=C\C/C=C\C/C=C\C/C=C\C/C=C\C/C=C\C/C=C\CCCCCCCC(=O)NC(COP(=O)([O-])OCC[N+](C)(C)C)C(O)/C=C/CCCCCCCCCCCCCC. The number of rotatable bonds is 44. The van der Waals surface area contributed by atoms with Crippen molar-refractivity contribution in [3.05, 3.63) is 97.2 Å². The van der Waals surface area contributed by atoms with Crippen LogP contribution in [0.3, 0.4) is 0 Å². The van der Waals surface area contributed by atoms with Crippen molar-refractivity contribution in [2.24, 2.45) is 0 Å². The van der Waals surface area contributed by atoms with Crippen molar-refractivity contribution in [1.29, 1.82) is 0 Å². The summed E-state index contributed by atoms with van der Waals surface area (Å²) in [6.45, 7) is 4.50. The highest BCUT2D eigenvalue weighted by Crippen LogP contribution is 2.38. The number of unbranched alkanes of at least 4 members (excludes halogenated alkanes) is 17. The lowest BCUT2D eigenvalue weighted by atomic mass is 10.0. The minimum absolute atomic E-state index is 0.0105. The van der Waals surface area contributed by atoms with Crippen molar-refractivity contribution in [3.63, 3.8) is 0 Å². The van der Waals surface area contributed by atoms with Gasteiger partial charge in [0.15, 0.2) is 0 Å². The van der Waals surface area contributed by atoms with E-state index in [9.17, 15) is 19.4 Å².